The molecule has 0 radical (unpaired) electrons. The molecule has 1 saturated heterocycles. The van der Waals surface area contributed by atoms with Crippen LogP contribution in [0.15, 0.2) is 22.6 Å². The minimum absolute atomic E-state index is 0.828. The van der Waals surface area contributed by atoms with Crippen LogP contribution in [0.4, 0.5) is 0 Å². The fourth-order valence-corrected chi connectivity index (χ4v) is 1.45. The normalized spacial score (nSPS) is 15.2. The lowest BCUT2D eigenvalue weighted by atomic mass is 10.3. The number of nitrogens with one attached hydrogen (secondary N) is 1. The molecule has 0 atom stereocenters. The van der Waals surface area contributed by atoms with Crippen LogP contribution in [-0.4, -0.2) is 56.2 Å². The third-order valence-corrected chi connectivity index (χ3v) is 2.15. The molecule has 1 aliphatic heterocycles. The standard InChI is InChI=1S/C10H20N4.C3H6.C2H6/c1-3-11-9-10(13-4-2)14-7-5-12-6-8-14;1-3-2;1-2/h9,12H,3-8H2,1-2H3;3H,1H2,2H3;1-2H3. The molecule has 0 aliphatic carbocycles. The van der Waals surface area contributed by atoms with Crippen molar-refractivity contribution in [3.63, 3.8) is 0 Å². The maximum atomic E-state index is 4.45. The summed E-state index contributed by atoms with van der Waals surface area (Å²) in [4.78, 5) is 11.0. The van der Waals surface area contributed by atoms with E-state index in [0.717, 1.165) is 45.1 Å². The van der Waals surface area contributed by atoms with Gasteiger partial charge in [-0.1, -0.05) is 19.9 Å². The molecule has 1 heterocycles. The van der Waals surface area contributed by atoms with Crippen molar-refractivity contribution in [3.8, 4) is 0 Å². The minimum atomic E-state index is 0.828. The second-order valence-electron chi connectivity index (χ2n) is 3.61. The summed E-state index contributed by atoms with van der Waals surface area (Å²) in [5.74, 6) is 1.04. The molecule has 0 saturated carbocycles. The fourth-order valence-electron chi connectivity index (χ4n) is 1.45. The molecule has 0 aromatic carbocycles. The first-order valence-corrected chi connectivity index (χ1v) is 7.37. The van der Waals surface area contributed by atoms with Crippen LogP contribution in [0, 0.1) is 0 Å². The Hall–Kier alpha value is -1.16. The average molecular weight is 268 g/mol. The third kappa shape index (κ3) is 11.7. The Bertz CT molecular complexity index is 241. The molecule has 0 amide bonds. The van der Waals surface area contributed by atoms with Crippen molar-refractivity contribution in [1.29, 1.82) is 0 Å². The van der Waals surface area contributed by atoms with Gasteiger partial charge in [0.05, 0.1) is 6.21 Å². The first-order valence-electron chi connectivity index (χ1n) is 7.37. The van der Waals surface area contributed by atoms with Crippen LogP contribution in [0.3, 0.4) is 0 Å². The van der Waals surface area contributed by atoms with Crippen LogP contribution >= 0.6 is 0 Å². The fraction of sp³-hybridized carbons (Fsp3) is 0.733. The Morgan fingerprint density at radius 1 is 1.21 bits per heavy atom. The Balaban J connectivity index is 0. The van der Waals surface area contributed by atoms with Crippen LogP contribution in [0.2, 0.25) is 0 Å². The SMILES string of the molecule is C=CC.CC.CCN=CC(=NCC)N1CCNCC1. The van der Waals surface area contributed by atoms with E-state index in [1.165, 1.54) is 0 Å². The zero-order valence-electron chi connectivity index (χ0n) is 13.4. The van der Waals surface area contributed by atoms with E-state index in [1.807, 2.05) is 33.9 Å². The van der Waals surface area contributed by atoms with Gasteiger partial charge in [0.15, 0.2) is 0 Å². The smallest absolute Gasteiger partial charge is 0.141 e. The van der Waals surface area contributed by atoms with Crippen molar-refractivity contribution in [2.45, 2.75) is 34.6 Å². The molecule has 4 heteroatoms. The highest BCUT2D eigenvalue weighted by molar-refractivity contribution is 6.29. The third-order valence-electron chi connectivity index (χ3n) is 2.15. The molecule has 1 fully saturated rings. The summed E-state index contributed by atoms with van der Waals surface area (Å²) in [6, 6.07) is 0. The summed E-state index contributed by atoms with van der Waals surface area (Å²) >= 11 is 0. The van der Waals surface area contributed by atoms with Crippen LogP contribution in [0.1, 0.15) is 34.6 Å². The predicted molar refractivity (Wildman–Crippen MR) is 88.7 cm³/mol. The first kappa shape index (κ1) is 20.2. The Morgan fingerprint density at radius 2 is 1.74 bits per heavy atom. The molecule has 1 aliphatic rings. The summed E-state index contributed by atoms with van der Waals surface area (Å²) < 4.78 is 0. The van der Waals surface area contributed by atoms with Gasteiger partial charge < -0.3 is 10.2 Å². The number of nitrogens with zero attached hydrogens (tertiary/aromatic N) is 3. The van der Waals surface area contributed by atoms with Gasteiger partial charge in [-0.05, 0) is 20.8 Å². The van der Waals surface area contributed by atoms with E-state index < -0.39 is 0 Å². The molecule has 112 valence electrons. The molecular weight excluding hydrogens is 236 g/mol. The summed E-state index contributed by atoms with van der Waals surface area (Å²) in [6.07, 6.45) is 3.65. The topological polar surface area (TPSA) is 40.0 Å². The molecule has 0 spiro atoms. The van der Waals surface area contributed by atoms with Crippen molar-refractivity contribution >= 4 is 12.1 Å². The molecule has 1 N–H and O–H groups in total. The highest BCUT2D eigenvalue weighted by Gasteiger charge is 2.11. The Labute approximate surface area is 119 Å². The highest BCUT2D eigenvalue weighted by atomic mass is 15.2. The Kier molecular flexibility index (Phi) is 17.9. The van der Waals surface area contributed by atoms with Crippen LogP contribution in [-0.2, 0) is 0 Å². The second kappa shape index (κ2) is 16.8. The number of aliphatic imine (C=N–C) groups is 2. The van der Waals surface area contributed by atoms with Gasteiger partial charge >= 0.3 is 0 Å². The molecule has 0 aromatic heterocycles. The van der Waals surface area contributed by atoms with E-state index in [2.05, 4.69) is 33.7 Å². The van der Waals surface area contributed by atoms with Crippen molar-refractivity contribution in [3.05, 3.63) is 12.7 Å². The zero-order valence-corrected chi connectivity index (χ0v) is 13.4. The summed E-state index contributed by atoms with van der Waals surface area (Å²) in [5, 5.41) is 3.33. The van der Waals surface area contributed by atoms with Gasteiger partial charge in [0, 0.05) is 39.3 Å². The second-order valence-corrected chi connectivity index (χ2v) is 3.61. The Morgan fingerprint density at radius 3 is 2.16 bits per heavy atom. The van der Waals surface area contributed by atoms with Crippen molar-refractivity contribution in [2.75, 3.05) is 39.3 Å². The average Bonchev–Trinajstić information content (AvgIpc) is 2.47. The lowest BCUT2D eigenvalue weighted by Crippen LogP contribution is -2.47. The maximum Gasteiger partial charge on any atom is 0.141 e. The molecule has 19 heavy (non-hydrogen) atoms. The predicted octanol–water partition coefficient (Wildman–Crippen LogP) is 2.62. The van der Waals surface area contributed by atoms with Gasteiger partial charge in [-0.3, -0.25) is 9.98 Å². The molecule has 0 bridgehead atoms. The summed E-state index contributed by atoms with van der Waals surface area (Å²) in [6.45, 7) is 19.2. The van der Waals surface area contributed by atoms with Gasteiger partial charge in [0.25, 0.3) is 0 Å². The van der Waals surface area contributed by atoms with E-state index in [0.29, 0.717) is 0 Å². The highest BCUT2D eigenvalue weighted by Crippen LogP contribution is 1.94. The number of hydrogen-bond acceptors (Lipinski definition) is 3. The quantitative estimate of drug-likeness (QED) is 0.485. The van der Waals surface area contributed by atoms with Gasteiger partial charge in [-0.15, -0.1) is 6.58 Å². The molecule has 0 aromatic rings. The van der Waals surface area contributed by atoms with Gasteiger partial charge in [-0.25, -0.2) is 0 Å². The lowest BCUT2D eigenvalue weighted by Gasteiger charge is -2.28. The van der Waals surface area contributed by atoms with E-state index in [1.54, 1.807) is 6.08 Å². The lowest BCUT2D eigenvalue weighted by molar-refractivity contribution is 0.360. The molecule has 4 nitrogen and oxygen atoms in total. The van der Waals surface area contributed by atoms with Crippen LogP contribution in [0.25, 0.3) is 0 Å². The number of hydrogen-bond donors (Lipinski definition) is 1. The van der Waals surface area contributed by atoms with Crippen molar-refractivity contribution in [2.24, 2.45) is 9.98 Å². The zero-order chi connectivity index (χ0) is 14.9. The van der Waals surface area contributed by atoms with Crippen molar-refractivity contribution < 1.29 is 0 Å². The first-order chi connectivity index (χ1) is 9.29. The van der Waals surface area contributed by atoms with E-state index >= 15 is 0 Å². The van der Waals surface area contributed by atoms with E-state index in [4.69, 9.17) is 0 Å². The van der Waals surface area contributed by atoms with Gasteiger partial charge in [0.2, 0.25) is 0 Å². The number of amidine groups is 1. The molecular formula is C15H32N4. The maximum absolute atomic E-state index is 4.45. The van der Waals surface area contributed by atoms with Gasteiger partial charge in [0.1, 0.15) is 5.84 Å². The largest absolute Gasteiger partial charge is 0.353 e. The number of allylic oxidation sites excluding steroid dienone is 1. The summed E-state index contributed by atoms with van der Waals surface area (Å²) in [7, 11) is 0. The number of rotatable bonds is 3. The van der Waals surface area contributed by atoms with E-state index in [9.17, 15) is 0 Å². The molecule has 1 rings (SSSR count). The number of piperazine rings is 1. The van der Waals surface area contributed by atoms with Gasteiger partial charge in [-0.2, -0.15) is 0 Å². The summed E-state index contributed by atoms with van der Waals surface area (Å²) in [5.41, 5.74) is 0. The van der Waals surface area contributed by atoms with Crippen LogP contribution in [0.5, 0.6) is 0 Å². The van der Waals surface area contributed by atoms with E-state index in [-0.39, 0.29) is 0 Å². The minimum Gasteiger partial charge on any atom is -0.353 e. The van der Waals surface area contributed by atoms with Crippen molar-refractivity contribution in [1.82, 2.24) is 10.2 Å². The monoisotopic (exact) mass is 268 g/mol. The van der Waals surface area contributed by atoms with Crippen LogP contribution < -0.4 is 5.32 Å². The molecule has 0 unspecified atom stereocenters.